The van der Waals surface area contributed by atoms with E-state index in [1.54, 1.807) is 0 Å². The first-order valence-corrected chi connectivity index (χ1v) is 10.6. The lowest BCUT2D eigenvalue weighted by molar-refractivity contribution is -0.119. The quantitative estimate of drug-likeness (QED) is 0.612. The molecule has 2 aliphatic rings. The van der Waals surface area contributed by atoms with Crippen LogP contribution in [0.3, 0.4) is 0 Å². The SMILES string of the molecule is Cc1ccc(C2NNC3C(=O)N(c4ccccc4)C(c4ccc(Br)cc4)C32)cc1. The molecule has 5 rings (SSSR count). The molecule has 2 aliphatic heterocycles. The normalized spacial score (nSPS) is 26.0. The molecule has 146 valence electrons. The standard InChI is InChI=1S/C24H22BrN3O/c1-15-7-9-16(10-8-15)21-20-22(27-26-21)24(29)28(19-5-3-2-4-6-19)23(20)17-11-13-18(25)14-12-17/h2-14,20-23,26-27H,1H3. The summed E-state index contributed by atoms with van der Waals surface area (Å²) in [5.41, 5.74) is 11.2. The van der Waals surface area contributed by atoms with E-state index in [2.05, 4.69) is 70.1 Å². The molecule has 2 saturated heterocycles. The maximum absolute atomic E-state index is 13.5. The molecule has 3 aromatic carbocycles. The van der Waals surface area contributed by atoms with Gasteiger partial charge in [0.25, 0.3) is 0 Å². The molecule has 3 aromatic rings. The third kappa shape index (κ3) is 3.19. The van der Waals surface area contributed by atoms with Crippen LogP contribution in [0.5, 0.6) is 0 Å². The second-order valence-corrected chi connectivity index (χ2v) is 8.69. The fraction of sp³-hybridized carbons (Fsp3) is 0.208. The molecule has 4 nitrogen and oxygen atoms in total. The molecule has 4 atom stereocenters. The van der Waals surface area contributed by atoms with Crippen LogP contribution in [0.1, 0.15) is 28.8 Å². The van der Waals surface area contributed by atoms with Gasteiger partial charge in [-0.1, -0.05) is 76.1 Å². The number of nitrogens with one attached hydrogen (secondary N) is 2. The van der Waals surface area contributed by atoms with E-state index < -0.39 is 0 Å². The van der Waals surface area contributed by atoms with Crippen molar-refractivity contribution in [3.8, 4) is 0 Å². The van der Waals surface area contributed by atoms with Gasteiger partial charge in [0.15, 0.2) is 0 Å². The maximum Gasteiger partial charge on any atom is 0.246 e. The zero-order valence-electron chi connectivity index (χ0n) is 16.0. The van der Waals surface area contributed by atoms with E-state index in [-0.39, 0.29) is 30.0 Å². The van der Waals surface area contributed by atoms with Crippen LogP contribution in [0.15, 0.2) is 83.3 Å². The summed E-state index contributed by atoms with van der Waals surface area (Å²) < 4.78 is 1.03. The number of aryl methyl sites for hydroxylation is 1. The Morgan fingerprint density at radius 2 is 1.41 bits per heavy atom. The lowest BCUT2D eigenvalue weighted by Gasteiger charge is -2.31. The van der Waals surface area contributed by atoms with Crippen LogP contribution >= 0.6 is 15.9 Å². The Morgan fingerprint density at radius 1 is 0.793 bits per heavy atom. The van der Waals surface area contributed by atoms with E-state index in [9.17, 15) is 4.79 Å². The van der Waals surface area contributed by atoms with Crippen LogP contribution in [0.2, 0.25) is 0 Å². The summed E-state index contributed by atoms with van der Waals surface area (Å²) in [5, 5.41) is 0. The van der Waals surface area contributed by atoms with Gasteiger partial charge in [-0.25, -0.2) is 10.9 Å². The number of hydrogen-bond acceptors (Lipinski definition) is 3. The summed E-state index contributed by atoms with van der Waals surface area (Å²) in [6.45, 7) is 2.09. The van der Waals surface area contributed by atoms with Crippen LogP contribution in [0.4, 0.5) is 5.69 Å². The zero-order valence-corrected chi connectivity index (χ0v) is 17.6. The molecule has 4 unspecified atom stereocenters. The highest BCUT2D eigenvalue weighted by Gasteiger charge is 2.55. The molecule has 1 amide bonds. The Bertz CT molecular complexity index is 1020. The van der Waals surface area contributed by atoms with E-state index in [0.717, 1.165) is 15.7 Å². The van der Waals surface area contributed by atoms with Crippen molar-refractivity contribution in [2.45, 2.75) is 25.0 Å². The Morgan fingerprint density at radius 3 is 2.10 bits per heavy atom. The molecule has 2 fully saturated rings. The number of carbonyl (C=O) groups is 1. The van der Waals surface area contributed by atoms with Crippen LogP contribution in [-0.4, -0.2) is 11.9 Å². The van der Waals surface area contributed by atoms with Gasteiger partial charge >= 0.3 is 0 Å². The molecule has 2 N–H and O–H groups in total. The minimum Gasteiger partial charge on any atom is -0.303 e. The number of benzene rings is 3. The van der Waals surface area contributed by atoms with Crippen LogP contribution in [-0.2, 0) is 4.79 Å². The van der Waals surface area contributed by atoms with Gasteiger partial charge in [-0.15, -0.1) is 0 Å². The van der Waals surface area contributed by atoms with Gasteiger partial charge < -0.3 is 4.90 Å². The summed E-state index contributed by atoms with van der Waals surface area (Å²) >= 11 is 3.53. The molecule has 5 heteroatoms. The van der Waals surface area contributed by atoms with E-state index in [0.29, 0.717) is 0 Å². The van der Waals surface area contributed by atoms with E-state index in [1.165, 1.54) is 11.1 Å². The predicted octanol–water partition coefficient (Wildman–Crippen LogP) is 4.68. The van der Waals surface area contributed by atoms with Crippen molar-refractivity contribution in [3.05, 3.63) is 100 Å². The Hall–Kier alpha value is -2.47. The van der Waals surface area contributed by atoms with Gasteiger partial charge in [-0.05, 0) is 42.3 Å². The highest BCUT2D eigenvalue weighted by atomic mass is 79.9. The molecular formula is C24H22BrN3O. The highest BCUT2D eigenvalue weighted by molar-refractivity contribution is 9.10. The second-order valence-electron chi connectivity index (χ2n) is 7.77. The van der Waals surface area contributed by atoms with Gasteiger partial charge in [0, 0.05) is 16.1 Å². The first-order valence-electron chi connectivity index (χ1n) is 9.85. The summed E-state index contributed by atoms with van der Waals surface area (Å²) in [7, 11) is 0. The zero-order chi connectivity index (χ0) is 20.0. The number of carbonyl (C=O) groups excluding carboxylic acids is 1. The number of amides is 1. The number of para-hydroxylation sites is 1. The van der Waals surface area contributed by atoms with E-state index >= 15 is 0 Å². The molecule has 0 radical (unpaired) electrons. The number of anilines is 1. The summed E-state index contributed by atoms with van der Waals surface area (Å²) in [6.07, 6.45) is 0. The lowest BCUT2D eigenvalue weighted by atomic mass is 9.83. The topological polar surface area (TPSA) is 44.4 Å². The fourth-order valence-corrected chi connectivity index (χ4v) is 4.87. The minimum atomic E-state index is -0.268. The van der Waals surface area contributed by atoms with Crippen molar-refractivity contribution in [1.29, 1.82) is 0 Å². The van der Waals surface area contributed by atoms with Crippen molar-refractivity contribution in [1.82, 2.24) is 10.9 Å². The number of halogens is 1. The van der Waals surface area contributed by atoms with Gasteiger partial charge in [0.1, 0.15) is 6.04 Å². The monoisotopic (exact) mass is 447 g/mol. The minimum absolute atomic E-state index is 0.0481. The molecule has 0 saturated carbocycles. The van der Waals surface area contributed by atoms with E-state index in [1.807, 2.05) is 47.4 Å². The van der Waals surface area contributed by atoms with Crippen molar-refractivity contribution >= 4 is 27.5 Å². The van der Waals surface area contributed by atoms with Crippen LogP contribution in [0, 0.1) is 12.8 Å². The third-order valence-electron chi connectivity index (χ3n) is 5.99. The number of hydrazine groups is 1. The van der Waals surface area contributed by atoms with Crippen molar-refractivity contribution in [2.24, 2.45) is 5.92 Å². The molecule has 0 bridgehead atoms. The number of hydrogen-bond donors (Lipinski definition) is 2. The molecule has 0 aromatic heterocycles. The Kier molecular flexibility index (Phi) is 4.74. The Labute approximate surface area is 179 Å². The average Bonchev–Trinajstić information content (AvgIpc) is 3.29. The first kappa shape index (κ1) is 18.6. The van der Waals surface area contributed by atoms with Crippen molar-refractivity contribution in [2.75, 3.05) is 4.90 Å². The van der Waals surface area contributed by atoms with Crippen molar-refractivity contribution < 1.29 is 4.79 Å². The average molecular weight is 448 g/mol. The summed E-state index contributed by atoms with van der Waals surface area (Å²) in [6, 6.07) is 26.6. The maximum atomic E-state index is 13.5. The van der Waals surface area contributed by atoms with Gasteiger partial charge in [-0.2, -0.15) is 0 Å². The highest BCUT2D eigenvalue weighted by Crippen LogP contribution is 2.48. The smallest absolute Gasteiger partial charge is 0.246 e. The first-order chi connectivity index (χ1) is 14.1. The fourth-order valence-electron chi connectivity index (χ4n) is 4.60. The van der Waals surface area contributed by atoms with Crippen molar-refractivity contribution in [3.63, 3.8) is 0 Å². The largest absolute Gasteiger partial charge is 0.303 e. The molecule has 29 heavy (non-hydrogen) atoms. The third-order valence-corrected chi connectivity index (χ3v) is 6.52. The van der Waals surface area contributed by atoms with E-state index in [4.69, 9.17) is 0 Å². The summed E-state index contributed by atoms with van der Waals surface area (Å²) in [4.78, 5) is 15.4. The van der Waals surface area contributed by atoms with Gasteiger partial charge in [-0.3, -0.25) is 4.79 Å². The second kappa shape index (κ2) is 7.41. The number of nitrogens with zero attached hydrogens (tertiary/aromatic N) is 1. The number of fused-ring (bicyclic) bond motifs is 1. The van der Waals surface area contributed by atoms with Gasteiger partial charge in [0.05, 0.1) is 12.1 Å². The lowest BCUT2D eigenvalue weighted by Crippen LogP contribution is -2.41. The van der Waals surface area contributed by atoms with Crippen LogP contribution < -0.4 is 15.8 Å². The molecular weight excluding hydrogens is 426 g/mol. The van der Waals surface area contributed by atoms with Gasteiger partial charge in [0.2, 0.25) is 5.91 Å². The molecule has 0 spiro atoms. The number of rotatable bonds is 3. The molecule has 0 aliphatic carbocycles. The van der Waals surface area contributed by atoms with Crippen LogP contribution in [0.25, 0.3) is 0 Å². The predicted molar refractivity (Wildman–Crippen MR) is 118 cm³/mol. The summed E-state index contributed by atoms with van der Waals surface area (Å²) in [5.74, 6) is 0.183. The Balaban J connectivity index is 1.62. The molecule has 2 heterocycles.